The van der Waals surface area contributed by atoms with Gasteiger partial charge in [-0.2, -0.15) is 0 Å². The van der Waals surface area contributed by atoms with Crippen LogP contribution < -0.4 is 10.2 Å². The van der Waals surface area contributed by atoms with Gasteiger partial charge in [0, 0.05) is 12.8 Å². The standard InChI is InChI=1S/C64H113N2O7P/c1-7-10-13-16-19-22-25-28-30-32-33-35-36-38-41-44-47-50-53-56-63(67)65-61(60-72-74(69,70)71-59-58-66(4,5)6)62(55-52-49-46-43-40-27-24-21-18-15-12-9-3)73-64(68)57-54-51-48-45-42-39-37-34-31-29-26-23-20-17-14-11-8-2/h10,13,19,22,28-31,33,35,38,41,47,50,52,55,61-62H,7-9,11-12,14-18,20-21,23-27,32,34,36-37,39-40,42-46,48-49,51,53-54,56-60H2,1-6H3,(H-,65,67,69,70)/b13-10-,22-19-,30-28-,31-29+,35-33-,41-38-,50-47-,55-52+. The quantitative estimate of drug-likeness (QED) is 0.0212. The summed E-state index contributed by atoms with van der Waals surface area (Å²) in [7, 11) is 1.13. The highest BCUT2D eigenvalue weighted by molar-refractivity contribution is 7.45. The lowest BCUT2D eigenvalue weighted by Gasteiger charge is -2.30. The molecule has 1 amide bonds. The van der Waals surface area contributed by atoms with E-state index in [2.05, 4.69) is 99.0 Å². The summed E-state index contributed by atoms with van der Waals surface area (Å²) >= 11 is 0. The number of nitrogens with one attached hydrogen (secondary N) is 1. The molecule has 0 saturated heterocycles. The number of hydrogen-bond donors (Lipinski definition) is 1. The van der Waals surface area contributed by atoms with Crippen molar-refractivity contribution in [2.75, 3.05) is 40.9 Å². The van der Waals surface area contributed by atoms with E-state index in [0.717, 1.165) is 83.5 Å². The van der Waals surface area contributed by atoms with E-state index in [1.807, 2.05) is 45.4 Å². The van der Waals surface area contributed by atoms with Crippen molar-refractivity contribution < 1.29 is 37.3 Å². The molecule has 0 saturated carbocycles. The third-order valence-electron chi connectivity index (χ3n) is 12.8. The molecule has 0 radical (unpaired) electrons. The van der Waals surface area contributed by atoms with Gasteiger partial charge in [0.2, 0.25) is 5.91 Å². The molecule has 0 fully saturated rings. The highest BCUT2D eigenvalue weighted by atomic mass is 31.2. The third-order valence-corrected chi connectivity index (χ3v) is 13.7. The van der Waals surface area contributed by atoms with Crippen molar-refractivity contribution in [1.82, 2.24) is 5.32 Å². The molecule has 0 aliphatic heterocycles. The number of phosphoric acid groups is 1. The average molecular weight is 1050 g/mol. The Morgan fingerprint density at radius 2 is 0.878 bits per heavy atom. The fraction of sp³-hybridized carbons (Fsp3) is 0.719. The highest BCUT2D eigenvalue weighted by Crippen LogP contribution is 2.38. The van der Waals surface area contributed by atoms with Crippen LogP contribution in [0.5, 0.6) is 0 Å². The number of amides is 1. The van der Waals surface area contributed by atoms with Crippen LogP contribution >= 0.6 is 7.82 Å². The molecular formula is C64H113N2O7P. The van der Waals surface area contributed by atoms with Gasteiger partial charge < -0.3 is 28.5 Å². The molecule has 3 unspecified atom stereocenters. The normalized spacial score (nSPS) is 14.4. The fourth-order valence-electron chi connectivity index (χ4n) is 8.13. The Hall–Kier alpha value is -3.07. The zero-order valence-corrected chi connectivity index (χ0v) is 49.4. The first-order valence-electron chi connectivity index (χ1n) is 30.0. The second-order valence-electron chi connectivity index (χ2n) is 21.1. The number of rotatable bonds is 53. The average Bonchev–Trinajstić information content (AvgIpc) is 3.36. The number of unbranched alkanes of at least 4 members (excludes halogenated alkanes) is 23. The molecule has 426 valence electrons. The Labute approximate surface area is 456 Å². The van der Waals surface area contributed by atoms with Crippen molar-refractivity contribution in [2.24, 2.45) is 0 Å². The molecule has 0 aliphatic carbocycles. The predicted molar refractivity (Wildman–Crippen MR) is 316 cm³/mol. The highest BCUT2D eigenvalue weighted by Gasteiger charge is 2.27. The molecule has 74 heavy (non-hydrogen) atoms. The summed E-state index contributed by atoms with van der Waals surface area (Å²) in [6.45, 7) is 6.65. The van der Waals surface area contributed by atoms with Gasteiger partial charge in [-0.1, -0.05) is 234 Å². The van der Waals surface area contributed by atoms with E-state index >= 15 is 0 Å². The molecule has 0 aromatic heterocycles. The van der Waals surface area contributed by atoms with Crippen LogP contribution in [0, 0.1) is 0 Å². The number of ether oxygens (including phenoxy) is 1. The largest absolute Gasteiger partial charge is 0.756 e. The minimum Gasteiger partial charge on any atom is -0.756 e. The maximum atomic E-state index is 13.5. The summed E-state index contributed by atoms with van der Waals surface area (Å²) in [5, 5.41) is 2.97. The first kappa shape index (κ1) is 70.9. The lowest BCUT2D eigenvalue weighted by Crippen LogP contribution is -2.47. The zero-order chi connectivity index (χ0) is 54.3. The number of hydrogen-bond acceptors (Lipinski definition) is 7. The predicted octanol–water partition coefficient (Wildman–Crippen LogP) is 17.8. The minimum absolute atomic E-state index is 0.0405. The third kappa shape index (κ3) is 53.7. The first-order valence-corrected chi connectivity index (χ1v) is 31.5. The van der Waals surface area contributed by atoms with Crippen LogP contribution in [0.2, 0.25) is 0 Å². The number of phosphoric ester groups is 1. The second kappa shape index (κ2) is 53.3. The lowest BCUT2D eigenvalue weighted by molar-refractivity contribution is -0.870. The van der Waals surface area contributed by atoms with Crippen LogP contribution in [0.4, 0.5) is 0 Å². The Kier molecular flexibility index (Phi) is 51.1. The zero-order valence-electron chi connectivity index (χ0n) is 48.5. The van der Waals surface area contributed by atoms with Crippen LogP contribution in [-0.4, -0.2) is 69.4 Å². The van der Waals surface area contributed by atoms with Gasteiger partial charge in [0.1, 0.15) is 19.3 Å². The van der Waals surface area contributed by atoms with E-state index in [0.29, 0.717) is 23.9 Å². The molecule has 1 N–H and O–H groups in total. The Balaban J connectivity index is 5.43. The molecule has 10 heteroatoms. The van der Waals surface area contributed by atoms with Gasteiger partial charge >= 0.3 is 5.97 Å². The number of allylic oxidation sites excluding steroid dienone is 15. The number of quaternary nitrogens is 1. The van der Waals surface area contributed by atoms with E-state index in [1.54, 1.807) is 0 Å². The van der Waals surface area contributed by atoms with Crippen molar-refractivity contribution in [2.45, 2.75) is 258 Å². The summed E-state index contributed by atoms with van der Waals surface area (Å²) in [4.78, 5) is 39.9. The van der Waals surface area contributed by atoms with Gasteiger partial charge in [-0.15, -0.1) is 0 Å². The van der Waals surface area contributed by atoms with Gasteiger partial charge in [0.25, 0.3) is 7.82 Å². The first-order chi connectivity index (χ1) is 35.9. The van der Waals surface area contributed by atoms with E-state index < -0.39 is 26.6 Å². The smallest absolute Gasteiger partial charge is 0.306 e. The number of carbonyl (C=O) groups is 2. The maximum absolute atomic E-state index is 13.5. The van der Waals surface area contributed by atoms with Crippen molar-refractivity contribution in [1.29, 1.82) is 0 Å². The van der Waals surface area contributed by atoms with Gasteiger partial charge in [-0.3, -0.25) is 14.2 Å². The minimum atomic E-state index is -4.72. The molecule has 3 atom stereocenters. The molecule has 0 bridgehead atoms. The Bertz CT molecular complexity index is 1590. The molecule has 0 heterocycles. The number of esters is 1. The molecule has 0 rings (SSSR count). The number of nitrogens with zero attached hydrogens (tertiary/aromatic N) is 1. The number of carbonyl (C=O) groups excluding carboxylic acids is 2. The summed E-state index contributed by atoms with van der Waals surface area (Å²) < 4.78 is 30.2. The van der Waals surface area contributed by atoms with E-state index in [9.17, 15) is 19.0 Å². The number of likely N-dealkylation sites (N-methyl/N-ethyl adjacent to an activating group) is 1. The van der Waals surface area contributed by atoms with Crippen molar-refractivity contribution >= 4 is 19.7 Å². The van der Waals surface area contributed by atoms with Crippen LogP contribution in [-0.2, 0) is 27.9 Å². The van der Waals surface area contributed by atoms with Crippen LogP contribution in [0.1, 0.15) is 245 Å². The van der Waals surface area contributed by atoms with Crippen LogP contribution in [0.3, 0.4) is 0 Å². The van der Waals surface area contributed by atoms with Crippen LogP contribution in [0.15, 0.2) is 97.2 Å². The topological polar surface area (TPSA) is 114 Å². The van der Waals surface area contributed by atoms with Crippen molar-refractivity contribution in [3.05, 3.63) is 97.2 Å². The maximum Gasteiger partial charge on any atom is 0.306 e. The molecular weight excluding hydrogens is 940 g/mol. The molecule has 0 aromatic rings. The van der Waals surface area contributed by atoms with E-state index in [1.165, 1.54) is 116 Å². The Morgan fingerprint density at radius 1 is 0.486 bits per heavy atom. The van der Waals surface area contributed by atoms with Crippen molar-refractivity contribution in [3.8, 4) is 0 Å². The second-order valence-corrected chi connectivity index (χ2v) is 22.5. The van der Waals surface area contributed by atoms with Gasteiger partial charge in [0.05, 0.1) is 33.8 Å². The summed E-state index contributed by atoms with van der Waals surface area (Å²) in [6, 6.07) is -0.935. The van der Waals surface area contributed by atoms with Gasteiger partial charge in [-0.05, 0) is 96.0 Å². The molecule has 0 aromatic carbocycles. The van der Waals surface area contributed by atoms with Crippen molar-refractivity contribution in [3.63, 3.8) is 0 Å². The molecule has 0 aliphatic rings. The van der Waals surface area contributed by atoms with Gasteiger partial charge in [0.15, 0.2) is 0 Å². The lowest BCUT2D eigenvalue weighted by atomic mass is 10.1. The van der Waals surface area contributed by atoms with Gasteiger partial charge in [-0.25, -0.2) is 0 Å². The Morgan fingerprint density at radius 3 is 1.32 bits per heavy atom. The van der Waals surface area contributed by atoms with Crippen LogP contribution in [0.25, 0.3) is 0 Å². The SMILES string of the molecule is CC/C=C\C/C=C\C/C=C\C/C=C\C/C=C\C/C=C\CCC(=O)NC(COP(=O)([O-])OCC[N+](C)(C)C)C(/C=C/CCCCCCCCCCCC)OC(=O)CCCCCCCCC/C=C/CCCCCCCC. The monoisotopic (exact) mass is 1050 g/mol. The summed E-state index contributed by atoms with van der Waals surface area (Å²) in [5.74, 6) is -0.647. The summed E-state index contributed by atoms with van der Waals surface area (Å²) in [5.41, 5.74) is 0. The summed E-state index contributed by atoms with van der Waals surface area (Å²) in [6.07, 6.45) is 71.0. The molecule has 0 spiro atoms. The fourth-order valence-corrected chi connectivity index (χ4v) is 8.85. The molecule has 9 nitrogen and oxygen atoms in total. The van der Waals surface area contributed by atoms with E-state index in [-0.39, 0.29) is 31.3 Å². The van der Waals surface area contributed by atoms with E-state index in [4.69, 9.17) is 13.8 Å².